The van der Waals surface area contributed by atoms with Gasteiger partial charge in [-0.15, -0.1) is 0 Å². The number of anilines is 1. The summed E-state index contributed by atoms with van der Waals surface area (Å²) in [6.45, 7) is 5.15. The molecule has 3 rings (SSSR count). The summed E-state index contributed by atoms with van der Waals surface area (Å²) in [6, 6.07) is 5.31. The smallest absolute Gasteiger partial charge is 0.410 e. The number of aryl methyl sites for hydroxylation is 1. The number of nitrogens with zero attached hydrogens (tertiary/aromatic N) is 2. The van der Waals surface area contributed by atoms with Crippen molar-refractivity contribution in [2.75, 3.05) is 45.1 Å². The summed E-state index contributed by atoms with van der Waals surface area (Å²) < 4.78 is 10.8. The molecule has 7 heteroatoms. The monoisotopic (exact) mass is 347 g/mol. The van der Waals surface area contributed by atoms with Crippen LogP contribution in [-0.2, 0) is 9.47 Å². The molecular formula is C18H25N3O4. The van der Waals surface area contributed by atoms with Crippen LogP contribution in [0.25, 0.3) is 0 Å². The van der Waals surface area contributed by atoms with Gasteiger partial charge in [-0.05, 0) is 30.7 Å². The molecule has 0 unspecified atom stereocenters. The van der Waals surface area contributed by atoms with Crippen molar-refractivity contribution in [3.8, 4) is 0 Å². The minimum atomic E-state index is -0.290. The van der Waals surface area contributed by atoms with Crippen LogP contribution >= 0.6 is 0 Å². The van der Waals surface area contributed by atoms with E-state index in [1.807, 2.05) is 13.0 Å². The van der Waals surface area contributed by atoms with E-state index in [9.17, 15) is 9.59 Å². The molecule has 2 aliphatic rings. The zero-order valence-corrected chi connectivity index (χ0v) is 14.6. The largest absolute Gasteiger partial charge is 0.446 e. The lowest BCUT2D eigenvalue weighted by Crippen LogP contribution is -2.51. The van der Waals surface area contributed by atoms with Crippen molar-refractivity contribution >= 4 is 17.7 Å². The quantitative estimate of drug-likeness (QED) is 0.822. The van der Waals surface area contributed by atoms with Crippen molar-refractivity contribution in [3.05, 3.63) is 29.3 Å². The first kappa shape index (κ1) is 17.5. The fraction of sp³-hybridized carbons (Fsp3) is 0.556. The maximum absolute atomic E-state index is 12.6. The normalized spacial score (nSPS) is 18.9. The van der Waals surface area contributed by atoms with E-state index in [4.69, 9.17) is 15.2 Å². The van der Waals surface area contributed by atoms with E-state index in [1.54, 1.807) is 21.9 Å². The first-order valence-corrected chi connectivity index (χ1v) is 8.73. The van der Waals surface area contributed by atoms with Crippen LogP contribution in [0.2, 0.25) is 0 Å². The zero-order chi connectivity index (χ0) is 17.8. The Kier molecular flexibility index (Phi) is 5.43. The molecule has 0 aromatic heterocycles. The third kappa shape index (κ3) is 4.22. The number of piperazine rings is 1. The summed E-state index contributed by atoms with van der Waals surface area (Å²) in [6.07, 6.45) is 1.16. The van der Waals surface area contributed by atoms with Gasteiger partial charge in [0, 0.05) is 50.3 Å². The highest BCUT2D eigenvalue weighted by molar-refractivity contribution is 5.95. The minimum Gasteiger partial charge on any atom is -0.446 e. The van der Waals surface area contributed by atoms with E-state index in [-0.39, 0.29) is 18.1 Å². The second kappa shape index (κ2) is 7.74. The number of benzene rings is 1. The van der Waals surface area contributed by atoms with Crippen LogP contribution in [-0.4, -0.2) is 67.3 Å². The highest BCUT2D eigenvalue weighted by Crippen LogP contribution is 2.17. The Morgan fingerprint density at radius 1 is 1.12 bits per heavy atom. The average Bonchev–Trinajstić information content (AvgIpc) is 2.64. The molecule has 1 aromatic carbocycles. The maximum Gasteiger partial charge on any atom is 0.410 e. The third-order valence-corrected chi connectivity index (χ3v) is 4.78. The van der Waals surface area contributed by atoms with Gasteiger partial charge in [0.2, 0.25) is 0 Å². The molecule has 2 heterocycles. The van der Waals surface area contributed by atoms with Crippen LogP contribution in [0.1, 0.15) is 28.8 Å². The zero-order valence-electron chi connectivity index (χ0n) is 14.6. The van der Waals surface area contributed by atoms with Gasteiger partial charge in [0.15, 0.2) is 0 Å². The lowest BCUT2D eigenvalue weighted by atomic mass is 10.1. The topological polar surface area (TPSA) is 85.1 Å². The molecule has 2 amide bonds. The Bertz CT molecular complexity index is 635. The van der Waals surface area contributed by atoms with E-state index >= 15 is 0 Å². The summed E-state index contributed by atoms with van der Waals surface area (Å²) in [5.41, 5.74) is 8.01. The van der Waals surface area contributed by atoms with E-state index in [0.717, 1.165) is 18.4 Å². The molecule has 25 heavy (non-hydrogen) atoms. The van der Waals surface area contributed by atoms with Gasteiger partial charge in [-0.25, -0.2) is 4.79 Å². The van der Waals surface area contributed by atoms with Crippen LogP contribution in [0.3, 0.4) is 0 Å². The second-order valence-electron chi connectivity index (χ2n) is 6.55. The van der Waals surface area contributed by atoms with Crippen LogP contribution in [0.5, 0.6) is 0 Å². The van der Waals surface area contributed by atoms with Crippen molar-refractivity contribution < 1.29 is 19.1 Å². The molecule has 0 radical (unpaired) electrons. The van der Waals surface area contributed by atoms with E-state index in [0.29, 0.717) is 50.6 Å². The first-order chi connectivity index (χ1) is 12.0. The molecular weight excluding hydrogens is 322 g/mol. The van der Waals surface area contributed by atoms with Crippen LogP contribution in [0, 0.1) is 6.92 Å². The molecule has 0 spiro atoms. The molecule has 2 fully saturated rings. The van der Waals surface area contributed by atoms with Crippen molar-refractivity contribution in [1.29, 1.82) is 0 Å². The van der Waals surface area contributed by atoms with Crippen molar-refractivity contribution in [3.63, 3.8) is 0 Å². The van der Waals surface area contributed by atoms with Gasteiger partial charge < -0.3 is 25.0 Å². The molecule has 1 aromatic rings. The lowest BCUT2D eigenvalue weighted by Gasteiger charge is -2.35. The Balaban J connectivity index is 1.51. The molecule has 2 saturated heterocycles. The molecule has 0 bridgehead atoms. The van der Waals surface area contributed by atoms with Crippen LogP contribution in [0.15, 0.2) is 18.2 Å². The Morgan fingerprint density at radius 2 is 1.76 bits per heavy atom. The fourth-order valence-electron chi connectivity index (χ4n) is 3.09. The summed E-state index contributed by atoms with van der Waals surface area (Å²) in [4.78, 5) is 28.3. The molecule has 136 valence electrons. The van der Waals surface area contributed by atoms with Gasteiger partial charge in [-0.3, -0.25) is 4.79 Å². The first-order valence-electron chi connectivity index (χ1n) is 8.73. The number of carbonyl (C=O) groups excluding carboxylic acids is 2. The molecule has 2 aliphatic heterocycles. The van der Waals surface area contributed by atoms with Crippen LogP contribution in [0.4, 0.5) is 10.5 Å². The Hall–Kier alpha value is -2.28. The minimum absolute atomic E-state index is 0.0273. The van der Waals surface area contributed by atoms with Gasteiger partial charge >= 0.3 is 6.09 Å². The molecule has 0 aliphatic carbocycles. The van der Waals surface area contributed by atoms with Crippen molar-refractivity contribution in [2.24, 2.45) is 0 Å². The summed E-state index contributed by atoms with van der Waals surface area (Å²) >= 11 is 0. The predicted octanol–water partition coefficient (Wildman–Crippen LogP) is 1.65. The average molecular weight is 347 g/mol. The van der Waals surface area contributed by atoms with E-state index < -0.39 is 0 Å². The Labute approximate surface area is 147 Å². The van der Waals surface area contributed by atoms with Gasteiger partial charge in [0.25, 0.3) is 5.91 Å². The number of rotatable bonds is 2. The number of hydrogen-bond donors (Lipinski definition) is 1. The lowest BCUT2D eigenvalue weighted by molar-refractivity contribution is -0.0141. The molecule has 7 nitrogen and oxygen atoms in total. The molecule has 0 saturated carbocycles. The number of nitrogen functional groups attached to an aromatic ring is 1. The van der Waals surface area contributed by atoms with E-state index in [1.165, 1.54) is 0 Å². The van der Waals surface area contributed by atoms with Gasteiger partial charge in [0.05, 0.1) is 13.2 Å². The van der Waals surface area contributed by atoms with Gasteiger partial charge in [-0.2, -0.15) is 0 Å². The number of ether oxygens (including phenoxy) is 2. The summed E-state index contributed by atoms with van der Waals surface area (Å²) in [5, 5.41) is 0. The number of nitrogens with two attached hydrogens (primary N) is 1. The van der Waals surface area contributed by atoms with Crippen LogP contribution < -0.4 is 5.73 Å². The molecule has 2 N–H and O–H groups in total. The third-order valence-electron chi connectivity index (χ3n) is 4.78. The van der Waals surface area contributed by atoms with Gasteiger partial charge in [-0.1, -0.05) is 0 Å². The second-order valence-corrected chi connectivity index (χ2v) is 6.55. The standard InChI is InChI=1S/C18H25N3O4/c1-13-12-14(2-3-16(13)19)17(22)20-6-8-21(9-7-20)18(23)25-15-4-10-24-11-5-15/h2-3,12,15H,4-11,19H2,1H3. The molecule has 0 atom stereocenters. The van der Waals surface area contributed by atoms with Gasteiger partial charge in [0.1, 0.15) is 6.10 Å². The van der Waals surface area contributed by atoms with E-state index in [2.05, 4.69) is 0 Å². The highest BCUT2D eigenvalue weighted by atomic mass is 16.6. The Morgan fingerprint density at radius 3 is 2.40 bits per heavy atom. The van der Waals surface area contributed by atoms with Crippen molar-refractivity contribution in [1.82, 2.24) is 9.80 Å². The predicted molar refractivity (Wildman–Crippen MR) is 93.4 cm³/mol. The number of amides is 2. The fourth-order valence-corrected chi connectivity index (χ4v) is 3.09. The summed E-state index contributed by atoms with van der Waals surface area (Å²) in [7, 11) is 0. The van der Waals surface area contributed by atoms with Crippen molar-refractivity contribution in [2.45, 2.75) is 25.9 Å². The highest BCUT2D eigenvalue weighted by Gasteiger charge is 2.28. The number of hydrogen-bond acceptors (Lipinski definition) is 5. The SMILES string of the molecule is Cc1cc(C(=O)N2CCN(C(=O)OC3CCOCC3)CC2)ccc1N. The maximum atomic E-state index is 12.6. The number of carbonyl (C=O) groups is 2. The summed E-state index contributed by atoms with van der Waals surface area (Å²) in [5.74, 6) is -0.0273.